The Hall–Kier alpha value is -2.42. The van der Waals surface area contributed by atoms with Gasteiger partial charge in [-0.05, 0) is 54.7 Å². The average molecular weight is 316 g/mol. The lowest BCUT2D eigenvalue weighted by atomic mass is 10.2. The summed E-state index contributed by atoms with van der Waals surface area (Å²) in [6, 6.07) is 15.3. The van der Waals surface area contributed by atoms with E-state index >= 15 is 0 Å². The highest BCUT2D eigenvalue weighted by Gasteiger charge is 2.08. The molecule has 0 aliphatic heterocycles. The Labute approximate surface area is 132 Å². The number of benzene rings is 2. The molecule has 0 saturated heterocycles. The van der Waals surface area contributed by atoms with E-state index < -0.39 is 0 Å². The molecule has 2 aromatic carbocycles. The van der Waals surface area contributed by atoms with Crippen LogP contribution in [0, 0.1) is 11.3 Å². The van der Waals surface area contributed by atoms with E-state index in [1.54, 1.807) is 48.5 Å². The molecule has 0 heterocycles. The number of nitrogens with zero attached hydrogens (tertiary/aromatic N) is 1. The summed E-state index contributed by atoms with van der Waals surface area (Å²) in [5.41, 5.74) is 1.66. The highest BCUT2D eigenvalue weighted by molar-refractivity contribution is 7.80. The minimum atomic E-state index is -0.344. The molecule has 4 nitrogen and oxygen atoms in total. The van der Waals surface area contributed by atoms with Gasteiger partial charge in [-0.3, -0.25) is 10.1 Å². The average Bonchev–Trinajstić information content (AvgIpc) is 2.48. The molecule has 2 rings (SSSR count). The first-order valence-electron chi connectivity index (χ1n) is 5.96. The number of nitriles is 1. The summed E-state index contributed by atoms with van der Waals surface area (Å²) in [5, 5.41) is 14.8. The Balaban J connectivity index is 1.98. The summed E-state index contributed by atoms with van der Waals surface area (Å²) in [6.07, 6.45) is 0. The van der Waals surface area contributed by atoms with Gasteiger partial charge in [-0.25, -0.2) is 0 Å². The molecule has 0 radical (unpaired) electrons. The van der Waals surface area contributed by atoms with Crippen LogP contribution in [0.2, 0.25) is 5.02 Å². The number of carbonyl (C=O) groups excluding carboxylic acids is 1. The fraction of sp³-hybridized carbons (Fsp3) is 0. The van der Waals surface area contributed by atoms with Crippen LogP contribution in [0.4, 0.5) is 5.69 Å². The van der Waals surface area contributed by atoms with Crippen LogP contribution in [0.1, 0.15) is 15.9 Å². The molecule has 104 valence electrons. The van der Waals surface area contributed by atoms with Gasteiger partial charge in [-0.1, -0.05) is 17.7 Å². The molecule has 0 fully saturated rings. The van der Waals surface area contributed by atoms with Crippen molar-refractivity contribution in [2.45, 2.75) is 0 Å². The highest BCUT2D eigenvalue weighted by Crippen LogP contribution is 2.11. The topological polar surface area (TPSA) is 64.9 Å². The Bertz CT molecular complexity index is 722. The monoisotopic (exact) mass is 315 g/mol. The molecule has 6 heteroatoms. The van der Waals surface area contributed by atoms with Crippen molar-refractivity contribution in [3.05, 3.63) is 64.7 Å². The molecule has 0 aliphatic rings. The first-order chi connectivity index (χ1) is 10.1. The Morgan fingerprint density at radius 3 is 2.52 bits per heavy atom. The molecule has 2 aromatic rings. The molecule has 0 saturated carbocycles. The van der Waals surface area contributed by atoms with Crippen LogP contribution in [0.5, 0.6) is 0 Å². The number of hydrogen-bond acceptors (Lipinski definition) is 3. The molecule has 0 bridgehead atoms. The third kappa shape index (κ3) is 4.28. The summed E-state index contributed by atoms with van der Waals surface area (Å²) in [4.78, 5) is 12.0. The van der Waals surface area contributed by atoms with E-state index in [0.717, 1.165) is 0 Å². The third-order valence-electron chi connectivity index (χ3n) is 2.59. The lowest BCUT2D eigenvalue weighted by Crippen LogP contribution is -2.34. The van der Waals surface area contributed by atoms with Gasteiger partial charge in [0.25, 0.3) is 5.91 Å². The maximum Gasteiger partial charge on any atom is 0.257 e. The standard InChI is InChI=1S/C15H10ClN3OS/c16-12-3-1-2-11(8-12)14(20)19-15(21)18-13-6-4-10(9-17)5-7-13/h1-8H,(H2,18,19,20,21). The molecule has 2 N–H and O–H groups in total. The van der Waals surface area contributed by atoms with Crippen LogP contribution in [-0.2, 0) is 0 Å². The van der Waals surface area contributed by atoms with Gasteiger partial charge in [-0.15, -0.1) is 0 Å². The van der Waals surface area contributed by atoms with Crippen molar-refractivity contribution in [2.75, 3.05) is 5.32 Å². The molecule has 0 spiro atoms. The van der Waals surface area contributed by atoms with Crippen molar-refractivity contribution >= 4 is 40.5 Å². The molecule has 0 unspecified atom stereocenters. The summed E-state index contributed by atoms with van der Waals surface area (Å²) < 4.78 is 0. The van der Waals surface area contributed by atoms with Crippen molar-refractivity contribution in [3.63, 3.8) is 0 Å². The first kappa shape index (κ1) is 15.0. The Morgan fingerprint density at radius 1 is 1.19 bits per heavy atom. The van der Waals surface area contributed by atoms with Crippen LogP contribution >= 0.6 is 23.8 Å². The quantitative estimate of drug-likeness (QED) is 0.834. The number of anilines is 1. The van der Waals surface area contributed by atoms with Crippen molar-refractivity contribution in [1.29, 1.82) is 5.26 Å². The molecule has 21 heavy (non-hydrogen) atoms. The van der Waals surface area contributed by atoms with E-state index in [4.69, 9.17) is 29.1 Å². The molecule has 0 aromatic heterocycles. The largest absolute Gasteiger partial charge is 0.332 e. The van der Waals surface area contributed by atoms with Gasteiger partial charge in [0.1, 0.15) is 0 Å². The first-order valence-corrected chi connectivity index (χ1v) is 6.75. The van der Waals surface area contributed by atoms with Gasteiger partial charge < -0.3 is 5.32 Å². The van der Waals surface area contributed by atoms with E-state index in [-0.39, 0.29) is 11.0 Å². The Kier molecular flexibility index (Phi) is 4.88. The van der Waals surface area contributed by atoms with E-state index in [1.165, 1.54) is 0 Å². The number of nitrogens with one attached hydrogen (secondary N) is 2. The van der Waals surface area contributed by atoms with Crippen LogP contribution in [0.25, 0.3) is 0 Å². The second-order valence-electron chi connectivity index (χ2n) is 4.11. The molecule has 1 amide bonds. The number of amides is 1. The smallest absolute Gasteiger partial charge is 0.257 e. The number of carbonyl (C=O) groups is 1. The number of hydrogen-bond donors (Lipinski definition) is 2. The van der Waals surface area contributed by atoms with Crippen LogP contribution in [0.3, 0.4) is 0 Å². The lowest BCUT2D eigenvalue weighted by Gasteiger charge is -2.09. The van der Waals surface area contributed by atoms with Gasteiger partial charge in [0.05, 0.1) is 11.6 Å². The summed E-state index contributed by atoms with van der Waals surface area (Å²) in [7, 11) is 0. The maximum atomic E-state index is 12.0. The highest BCUT2D eigenvalue weighted by atomic mass is 35.5. The summed E-state index contributed by atoms with van der Waals surface area (Å²) >= 11 is 10.9. The van der Waals surface area contributed by atoms with Gasteiger partial charge >= 0.3 is 0 Å². The minimum Gasteiger partial charge on any atom is -0.332 e. The summed E-state index contributed by atoms with van der Waals surface area (Å²) in [5.74, 6) is -0.344. The lowest BCUT2D eigenvalue weighted by molar-refractivity contribution is 0.0977. The predicted octanol–water partition coefficient (Wildman–Crippen LogP) is 3.34. The zero-order valence-corrected chi connectivity index (χ0v) is 12.3. The van der Waals surface area contributed by atoms with Crippen LogP contribution in [0.15, 0.2) is 48.5 Å². The number of thiocarbonyl (C=S) groups is 1. The second-order valence-corrected chi connectivity index (χ2v) is 4.95. The molecule has 0 aliphatic carbocycles. The predicted molar refractivity (Wildman–Crippen MR) is 86.3 cm³/mol. The van der Waals surface area contributed by atoms with E-state index in [1.807, 2.05) is 6.07 Å². The van der Waals surface area contributed by atoms with Gasteiger partial charge in [0.2, 0.25) is 0 Å². The van der Waals surface area contributed by atoms with E-state index in [2.05, 4.69) is 10.6 Å². The SMILES string of the molecule is N#Cc1ccc(NC(=S)NC(=O)c2cccc(Cl)c2)cc1. The second kappa shape index (κ2) is 6.84. The third-order valence-corrected chi connectivity index (χ3v) is 3.02. The van der Waals surface area contributed by atoms with Crippen molar-refractivity contribution in [2.24, 2.45) is 0 Å². The van der Waals surface area contributed by atoms with Gasteiger partial charge in [0.15, 0.2) is 5.11 Å². The molecule has 0 atom stereocenters. The fourth-order valence-corrected chi connectivity index (χ4v) is 2.00. The zero-order valence-electron chi connectivity index (χ0n) is 10.8. The molecular formula is C15H10ClN3OS. The summed E-state index contributed by atoms with van der Waals surface area (Å²) in [6.45, 7) is 0. The van der Waals surface area contributed by atoms with Crippen LogP contribution in [-0.4, -0.2) is 11.0 Å². The van der Waals surface area contributed by atoms with Crippen molar-refractivity contribution < 1.29 is 4.79 Å². The zero-order chi connectivity index (χ0) is 15.2. The normalized spacial score (nSPS) is 9.52. The van der Waals surface area contributed by atoms with E-state index in [9.17, 15) is 4.79 Å². The fourth-order valence-electron chi connectivity index (χ4n) is 1.60. The van der Waals surface area contributed by atoms with E-state index in [0.29, 0.717) is 21.8 Å². The number of halogens is 1. The minimum absolute atomic E-state index is 0.171. The number of rotatable bonds is 2. The van der Waals surface area contributed by atoms with Crippen molar-refractivity contribution in [1.82, 2.24) is 5.32 Å². The van der Waals surface area contributed by atoms with Crippen LogP contribution < -0.4 is 10.6 Å². The molecular weight excluding hydrogens is 306 g/mol. The van der Waals surface area contributed by atoms with Gasteiger partial charge in [-0.2, -0.15) is 5.26 Å². The Morgan fingerprint density at radius 2 is 1.90 bits per heavy atom. The maximum absolute atomic E-state index is 12.0. The van der Waals surface area contributed by atoms with Crippen molar-refractivity contribution in [3.8, 4) is 6.07 Å². The van der Waals surface area contributed by atoms with Gasteiger partial charge in [0, 0.05) is 16.3 Å².